The second-order valence-corrected chi connectivity index (χ2v) is 4.05. The maximum Gasteiger partial charge on any atom is 0.255 e. The SMILES string of the molecule is CC(C)C(C#N)NC(=O)c1ccc(F)c(F)c1F. The highest BCUT2D eigenvalue weighted by molar-refractivity contribution is 5.94. The van der Waals surface area contributed by atoms with Crippen LogP contribution in [0, 0.1) is 34.7 Å². The van der Waals surface area contributed by atoms with E-state index in [-0.39, 0.29) is 5.92 Å². The van der Waals surface area contributed by atoms with Gasteiger partial charge in [-0.2, -0.15) is 5.26 Å². The number of hydrogen-bond donors (Lipinski definition) is 1. The summed E-state index contributed by atoms with van der Waals surface area (Å²) >= 11 is 0. The number of carbonyl (C=O) groups is 1. The summed E-state index contributed by atoms with van der Waals surface area (Å²) in [6, 6.07) is 2.48. The molecule has 1 aromatic rings. The van der Waals surface area contributed by atoms with E-state index in [0.29, 0.717) is 6.07 Å². The summed E-state index contributed by atoms with van der Waals surface area (Å²) in [5, 5.41) is 11.0. The van der Waals surface area contributed by atoms with E-state index in [0.717, 1.165) is 6.07 Å². The number of halogens is 3. The molecule has 3 nitrogen and oxygen atoms in total. The van der Waals surface area contributed by atoms with Crippen LogP contribution in [0.25, 0.3) is 0 Å². The summed E-state index contributed by atoms with van der Waals surface area (Å²) in [5.74, 6) is -5.78. The Labute approximate surface area is 102 Å². The Morgan fingerprint density at radius 3 is 2.39 bits per heavy atom. The van der Waals surface area contributed by atoms with E-state index < -0.39 is 35.0 Å². The van der Waals surface area contributed by atoms with E-state index in [1.807, 2.05) is 6.07 Å². The number of nitriles is 1. The molecule has 1 rings (SSSR count). The lowest BCUT2D eigenvalue weighted by atomic mass is 10.1. The largest absolute Gasteiger partial charge is 0.336 e. The van der Waals surface area contributed by atoms with E-state index >= 15 is 0 Å². The fraction of sp³-hybridized carbons (Fsp3) is 0.333. The molecule has 1 atom stereocenters. The fourth-order valence-corrected chi connectivity index (χ4v) is 1.27. The van der Waals surface area contributed by atoms with Gasteiger partial charge in [-0.05, 0) is 18.1 Å². The second-order valence-electron chi connectivity index (χ2n) is 4.05. The number of hydrogen-bond acceptors (Lipinski definition) is 2. The number of nitrogens with zero attached hydrogens (tertiary/aromatic N) is 1. The summed E-state index contributed by atoms with van der Waals surface area (Å²) in [6.45, 7) is 3.38. The average Bonchev–Trinajstić information content (AvgIpc) is 2.32. The first-order valence-electron chi connectivity index (χ1n) is 5.22. The molecule has 18 heavy (non-hydrogen) atoms. The molecule has 0 spiro atoms. The summed E-state index contributed by atoms with van der Waals surface area (Å²) in [6.07, 6.45) is 0. The van der Waals surface area contributed by atoms with Gasteiger partial charge in [-0.25, -0.2) is 13.2 Å². The highest BCUT2D eigenvalue weighted by atomic mass is 19.2. The van der Waals surface area contributed by atoms with Crippen molar-refractivity contribution in [3.63, 3.8) is 0 Å². The first-order chi connectivity index (χ1) is 8.38. The molecule has 0 bridgehead atoms. The molecule has 0 saturated carbocycles. The summed E-state index contributed by atoms with van der Waals surface area (Å²) in [5.41, 5.74) is -0.630. The number of nitrogens with one attached hydrogen (secondary N) is 1. The first kappa shape index (κ1) is 14.0. The third-order valence-corrected chi connectivity index (χ3v) is 2.37. The van der Waals surface area contributed by atoms with Gasteiger partial charge in [-0.1, -0.05) is 13.8 Å². The van der Waals surface area contributed by atoms with Gasteiger partial charge in [0, 0.05) is 0 Å². The molecule has 0 aliphatic rings. The molecule has 0 aliphatic carbocycles. The number of benzene rings is 1. The van der Waals surface area contributed by atoms with Crippen molar-refractivity contribution in [2.45, 2.75) is 19.9 Å². The van der Waals surface area contributed by atoms with Gasteiger partial charge in [-0.15, -0.1) is 0 Å². The zero-order valence-corrected chi connectivity index (χ0v) is 9.80. The van der Waals surface area contributed by atoms with Crippen LogP contribution in [0.1, 0.15) is 24.2 Å². The Morgan fingerprint density at radius 1 is 1.28 bits per heavy atom. The minimum atomic E-state index is -1.71. The van der Waals surface area contributed by atoms with E-state index in [1.54, 1.807) is 13.8 Å². The molecule has 1 aromatic carbocycles. The summed E-state index contributed by atoms with van der Waals surface area (Å²) < 4.78 is 38.9. The highest BCUT2D eigenvalue weighted by Gasteiger charge is 2.22. The fourth-order valence-electron chi connectivity index (χ4n) is 1.27. The lowest BCUT2D eigenvalue weighted by molar-refractivity contribution is 0.0932. The van der Waals surface area contributed by atoms with Crippen molar-refractivity contribution < 1.29 is 18.0 Å². The van der Waals surface area contributed by atoms with Crippen LogP contribution in [0.3, 0.4) is 0 Å². The molecule has 0 heterocycles. The second kappa shape index (κ2) is 5.54. The molecule has 0 aromatic heterocycles. The lowest BCUT2D eigenvalue weighted by Gasteiger charge is -2.15. The molecule has 0 radical (unpaired) electrons. The van der Waals surface area contributed by atoms with Gasteiger partial charge in [0.15, 0.2) is 17.5 Å². The van der Waals surface area contributed by atoms with E-state index in [4.69, 9.17) is 5.26 Å². The number of rotatable bonds is 3. The van der Waals surface area contributed by atoms with Gasteiger partial charge in [0.25, 0.3) is 5.91 Å². The minimum Gasteiger partial charge on any atom is -0.336 e. The van der Waals surface area contributed by atoms with Crippen molar-refractivity contribution >= 4 is 5.91 Å². The third-order valence-electron chi connectivity index (χ3n) is 2.37. The topological polar surface area (TPSA) is 52.9 Å². The highest BCUT2D eigenvalue weighted by Crippen LogP contribution is 2.15. The van der Waals surface area contributed by atoms with Crippen LogP contribution in [0.4, 0.5) is 13.2 Å². The zero-order chi connectivity index (χ0) is 13.9. The molecule has 1 N–H and O–H groups in total. The van der Waals surface area contributed by atoms with Crippen LogP contribution in [0.15, 0.2) is 12.1 Å². The van der Waals surface area contributed by atoms with Gasteiger partial charge in [0.2, 0.25) is 0 Å². The monoisotopic (exact) mass is 256 g/mol. The van der Waals surface area contributed by atoms with E-state index in [9.17, 15) is 18.0 Å². The molecule has 0 fully saturated rings. The molecule has 1 unspecified atom stereocenters. The summed E-state index contributed by atoms with van der Waals surface area (Å²) in [4.78, 5) is 11.6. The van der Waals surface area contributed by atoms with Crippen molar-refractivity contribution in [3.8, 4) is 6.07 Å². The Balaban J connectivity index is 2.99. The molecular formula is C12H11F3N2O. The Bertz CT molecular complexity index is 509. The molecule has 0 saturated heterocycles. The normalized spacial score (nSPS) is 12.1. The predicted octanol–water partition coefficient (Wildman–Crippen LogP) is 2.38. The van der Waals surface area contributed by atoms with Crippen molar-refractivity contribution in [3.05, 3.63) is 35.1 Å². The van der Waals surface area contributed by atoms with Crippen LogP contribution >= 0.6 is 0 Å². The summed E-state index contributed by atoms with van der Waals surface area (Å²) in [7, 11) is 0. The molecule has 96 valence electrons. The van der Waals surface area contributed by atoms with Crippen LogP contribution in [0.2, 0.25) is 0 Å². The number of amides is 1. The smallest absolute Gasteiger partial charge is 0.255 e. The van der Waals surface area contributed by atoms with Gasteiger partial charge in [-0.3, -0.25) is 4.79 Å². The predicted molar refractivity (Wildman–Crippen MR) is 58.0 cm³/mol. The van der Waals surface area contributed by atoms with Crippen molar-refractivity contribution in [1.82, 2.24) is 5.32 Å². The van der Waals surface area contributed by atoms with Crippen molar-refractivity contribution in [1.29, 1.82) is 5.26 Å². The molecule has 6 heteroatoms. The maximum atomic E-state index is 13.3. The Kier molecular flexibility index (Phi) is 4.32. The Morgan fingerprint density at radius 2 is 1.89 bits per heavy atom. The zero-order valence-electron chi connectivity index (χ0n) is 9.80. The van der Waals surface area contributed by atoms with Crippen molar-refractivity contribution in [2.24, 2.45) is 5.92 Å². The van der Waals surface area contributed by atoms with Gasteiger partial charge < -0.3 is 5.32 Å². The number of carbonyl (C=O) groups excluding carboxylic acids is 1. The molecule has 0 aliphatic heterocycles. The maximum absolute atomic E-state index is 13.3. The Hall–Kier alpha value is -2.03. The van der Waals surface area contributed by atoms with Crippen LogP contribution < -0.4 is 5.32 Å². The van der Waals surface area contributed by atoms with Crippen LogP contribution in [-0.2, 0) is 0 Å². The third kappa shape index (κ3) is 2.80. The lowest BCUT2D eigenvalue weighted by Crippen LogP contribution is -2.37. The van der Waals surface area contributed by atoms with E-state index in [1.165, 1.54) is 0 Å². The van der Waals surface area contributed by atoms with E-state index in [2.05, 4.69) is 5.32 Å². The minimum absolute atomic E-state index is 0.188. The molecular weight excluding hydrogens is 245 g/mol. The first-order valence-corrected chi connectivity index (χ1v) is 5.22. The standard InChI is InChI=1S/C12H11F3N2O/c1-6(2)9(5-16)17-12(18)7-3-4-8(13)11(15)10(7)14/h3-4,6,9H,1-2H3,(H,17,18). The van der Waals surface area contributed by atoms with Crippen LogP contribution in [0.5, 0.6) is 0 Å². The average molecular weight is 256 g/mol. The van der Waals surface area contributed by atoms with Gasteiger partial charge in [0.05, 0.1) is 11.6 Å². The quantitative estimate of drug-likeness (QED) is 0.844. The molecule has 1 amide bonds. The van der Waals surface area contributed by atoms with Gasteiger partial charge in [0.1, 0.15) is 6.04 Å². The van der Waals surface area contributed by atoms with Crippen LogP contribution in [-0.4, -0.2) is 11.9 Å². The van der Waals surface area contributed by atoms with Crippen molar-refractivity contribution in [2.75, 3.05) is 0 Å². The van der Waals surface area contributed by atoms with Gasteiger partial charge >= 0.3 is 0 Å².